The molecule has 1 aromatic carbocycles. The van der Waals surface area contributed by atoms with Gasteiger partial charge in [0, 0.05) is 17.6 Å². The molecule has 1 rings (SSSR count). The number of carbonyl (C=O) groups excluding carboxylic acids is 1. The van der Waals surface area contributed by atoms with Crippen LogP contribution in [0.1, 0.15) is 96.5 Å². The first kappa shape index (κ1) is 25.7. The molecule has 4 nitrogen and oxygen atoms in total. The van der Waals surface area contributed by atoms with Crippen LogP contribution in [0.5, 0.6) is 0 Å². The number of hydrogen-bond acceptors (Lipinski definition) is 3. The Morgan fingerprint density at radius 3 is 1.83 bits per heavy atom. The summed E-state index contributed by atoms with van der Waals surface area (Å²) in [6.45, 7) is 13.5. The molecule has 1 aromatic rings. The van der Waals surface area contributed by atoms with Gasteiger partial charge in [0.2, 0.25) is 0 Å². The summed E-state index contributed by atoms with van der Waals surface area (Å²) in [6.07, 6.45) is 5.95. The molecule has 166 valence electrons. The molecule has 0 aromatic heterocycles. The van der Waals surface area contributed by atoms with E-state index in [1.54, 1.807) is 20.8 Å². The minimum Gasteiger partial charge on any atom is -0.334 e. The van der Waals surface area contributed by atoms with Crippen molar-refractivity contribution in [2.75, 3.05) is 5.75 Å². The molecule has 0 N–H and O–H groups in total. The second-order valence-electron chi connectivity index (χ2n) is 9.55. The Kier molecular flexibility index (Phi) is 9.87. The monoisotopic (exact) mass is 423 g/mol. The van der Waals surface area contributed by atoms with E-state index in [-0.39, 0.29) is 23.7 Å². The molecule has 0 atom stereocenters. The van der Waals surface area contributed by atoms with E-state index in [9.17, 15) is 13.2 Å². The standard InChI is InChI=1S/C24H41NO3S/c1-19(2)25(20(3)4)23(26)22-16-14-21(15-17-22)13-11-9-8-10-12-18-29(27,28)24(5,6)7/h14-17,19-20H,8-13,18H2,1-7H3. The Morgan fingerprint density at radius 1 is 0.862 bits per heavy atom. The molecule has 0 unspecified atom stereocenters. The van der Waals surface area contributed by atoms with Crippen molar-refractivity contribution in [1.82, 2.24) is 4.90 Å². The van der Waals surface area contributed by atoms with Gasteiger partial charge in [-0.15, -0.1) is 0 Å². The fourth-order valence-electron chi connectivity index (χ4n) is 3.49. The largest absolute Gasteiger partial charge is 0.334 e. The average molecular weight is 424 g/mol. The SMILES string of the molecule is CC(C)N(C(=O)c1ccc(CCCCCCCS(=O)(=O)C(C)(C)C)cc1)C(C)C. The van der Waals surface area contributed by atoms with Crippen LogP contribution in [0.25, 0.3) is 0 Å². The van der Waals surface area contributed by atoms with Crippen molar-refractivity contribution < 1.29 is 13.2 Å². The Bertz CT molecular complexity index is 720. The zero-order valence-corrected chi connectivity index (χ0v) is 20.3. The third-order valence-electron chi connectivity index (χ3n) is 5.36. The molecule has 0 aliphatic rings. The highest BCUT2D eigenvalue weighted by Gasteiger charge is 2.27. The molecular weight excluding hydrogens is 382 g/mol. The van der Waals surface area contributed by atoms with Crippen molar-refractivity contribution in [3.05, 3.63) is 35.4 Å². The molecular formula is C24H41NO3S. The molecule has 0 fully saturated rings. The summed E-state index contributed by atoms with van der Waals surface area (Å²) in [5.74, 6) is 0.377. The van der Waals surface area contributed by atoms with Crippen LogP contribution >= 0.6 is 0 Å². The van der Waals surface area contributed by atoms with E-state index >= 15 is 0 Å². The predicted octanol–water partition coefficient (Wildman–Crippen LogP) is 5.65. The number of aryl methyl sites for hydroxylation is 1. The summed E-state index contributed by atoms with van der Waals surface area (Å²) >= 11 is 0. The number of amides is 1. The zero-order valence-electron chi connectivity index (χ0n) is 19.5. The van der Waals surface area contributed by atoms with Gasteiger partial charge in [0.05, 0.1) is 10.5 Å². The van der Waals surface area contributed by atoms with Crippen LogP contribution < -0.4 is 0 Å². The maximum Gasteiger partial charge on any atom is 0.254 e. The number of hydrogen-bond donors (Lipinski definition) is 0. The number of sulfone groups is 1. The summed E-state index contributed by atoms with van der Waals surface area (Å²) < 4.78 is 23.5. The van der Waals surface area contributed by atoms with Gasteiger partial charge in [-0.1, -0.05) is 31.4 Å². The van der Waals surface area contributed by atoms with Gasteiger partial charge < -0.3 is 4.90 Å². The van der Waals surface area contributed by atoms with Gasteiger partial charge in [-0.3, -0.25) is 4.79 Å². The van der Waals surface area contributed by atoms with E-state index in [1.807, 2.05) is 44.7 Å². The maximum absolute atomic E-state index is 12.7. The van der Waals surface area contributed by atoms with Crippen molar-refractivity contribution in [2.24, 2.45) is 0 Å². The van der Waals surface area contributed by atoms with Gasteiger partial charge in [-0.05, 0) is 85.4 Å². The van der Waals surface area contributed by atoms with Gasteiger partial charge >= 0.3 is 0 Å². The molecule has 0 saturated carbocycles. The zero-order chi connectivity index (χ0) is 22.2. The first-order chi connectivity index (χ1) is 13.4. The average Bonchev–Trinajstić information content (AvgIpc) is 2.59. The fourth-order valence-corrected chi connectivity index (χ4v) is 4.68. The molecule has 0 aliphatic heterocycles. The quantitative estimate of drug-likeness (QED) is 0.432. The third-order valence-corrected chi connectivity index (χ3v) is 8.05. The summed E-state index contributed by atoms with van der Waals surface area (Å²) in [5.41, 5.74) is 1.99. The summed E-state index contributed by atoms with van der Waals surface area (Å²) in [6, 6.07) is 8.35. The lowest BCUT2D eigenvalue weighted by Gasteiger charge is -2.30. The molecule has 5 heteroatoms. The summed E-state index contributed by atoms with van der Waals surface area (Å²) in [7, 11) is -2.99. The molecule has 0 saturated heterocycles. The van der Waals surface area contributed by atoms with Crippen molar-refractivity contribution in [2.45, 2.75) is 104 Å². The van der Waals surface area contributed by atoms with E-state index < -0.39 is 14.6 Å². The first-order valence-electron chi connectivity index (χ1n) is 11.0. The van der Waals surface area contributed by atoms with Crippen molar-refractivity contribution in [3.8, 4) is 0 Å². The Morgan fingerprint density at radius 2 is 1.34 bits per heavy atom. The highest BCUT2D eigenvalue weighted by Crippen LogP contribution is 2.19. The lowest BCUT2D eigenvalue weighted by Crippen LogP contribution is -2.42. The van der Waals surface area contributed by atoms with Crippen LogP contribution in [-0.2, 0) is 16.3 Å². The molecule has 0 aliphatic carbocycles. The second-order valence-corrected chi connectivity index (χ2v) is 12.4. The highest BCUT2D eigenvalue weighted by atomic mass is 32.2. The van der Waals surface area contributed by atoms with Crippen molar-refractivity contribution >= 4 is 15.7 Å². The van der Waals surface area contributed by atoms with E-state index in [0.717, 1.165) is 44.1 Å². The summed E-state index contributed by atoms with van der Waals surface area (Å²) in [4.78, 5) is 14.6. The highest BCUT2D eigenvalue weighted by molar-refractivity contribution is 7.92. The first-order valence-corrected chi connectivity index (χ1v) is 12.7. The predicted molar refractivity (Wildman–Crippen MR) is 123 cm³/mol. The Hall–Kier alpha value is -1.36. The van der Waals surface area contributed by atoms with Crippen LogP contribution in [0.4, 0.5) is 0 Å². The fraction of sp³-hybridized carbons (Fsp3) is 0.708. The number of rotatable bonds is 11. The maximum atomic E-state index is 12.7. The number of unbranched alkanes of at least 4 members (excludes halogenated alkanes) is 4. The molecule has 0 radical (unpaired) electrons. The normalized spacial score (nSPS) is 12.6. The van der Waals surface area contributed by atoms with Crippen LogP contribution in [0.2, 0.25) is 0 Å². The number of nitrogens with zero attached hydrogens (tertiary/aromatic N) is 1. The molecule has 29 heavy (non-hydrogen) atoms. The topological polar surface area (TPSA) is 54.5 Å². The van der Waals surface area contributed by atoms with Gasteiger partial charge in [0.25, 0.3) is 5.91 Å². The van der Waals surface area contributed by atoms with Gasteiger partial charge in [-0.25, -0.2) is 8.42 Å². The van der Waals surface area contributed by atoms with E-state index in [4.69, 9.17) is 0 Å². The van der Waals surface area contributed by atoms with Gasteiger partial charge in [-0.2, -0.15) is 0 Å². The smallest absolute Gasteiger partial charge is 0.254 e. The number of benzene rings is 1. The van der Waals surface area contributed by atoms with E-state index in [2.05, 4.69) is 12.1 Å². The third kappa shape index (κ3) is 8.12. The number of carbonyl (C=O) groups is 1. The minimum atomic E-state index is -2.99. The van der Waals surface area contributed by atoms with Crippen molar-refractivity contribution in [3.63, 3.8) is 0 Å². The Labute approximate surface area is 179 Å². The second kappa shape index (κ2) is 11.1. The van der Waals surface area contributed by atoms with Crippen LogP contribution in [0.3, 0.4) is 0 Å². The van der Waals surface area contributed by atoms with Crippen LogP contribution in [-0.4, -0.2) is 41.8 Å². The molecule has 1 amide bonds. The van der Waals surface area contributed by atoms with Gasteiger partial charge in [0.15, 0.2) is 9.84 Å². The molecule has 0 spiro atoms. The van der Waals surface area contributed by atoms with Crippen LogP contribution in [0, 0.1) is 0 Å². The lowest BCUT2D eigenvalue weighted by molar-refractivity contribution is 0.0643. The molecule has 0 bridgehead atoms. The van der Waals surface area contributed by atoms with Crippen LogP contribution in [0.15, 0.2) is 24.3 Å². The van der Waals surface area contributed by atoms with Crippen molar-refractivity contribution in [1.29, 1.82) is 0 Å². The van der Waals surface area contributed by atoms with Gasteiger partial charge in [0.1, 0.15) is 0 Å². The lowest BCUT2D eigenvalue weighted by atomic mass is 10.0. The molecule has 0 heterocycles. The Balaban J connectivity index is 2.38. The minimum absolute atomic E-state index is 0.0896. The van der Waals surface area contributed by atoms with E-state index in [0.29, 0.717) is 0 Å². The van der Waals surface area contributed by atoms with E-state index in [1.165, 1.54) is 5.56 Å². The summed E-state index contributed by atoms with van der Waals surface area (Å²) in [5, 5.41) is 0.